The number of para-hydroxylation sites is 1. The second kappa shape index (κ2) is 5.96. The van der Waals surface area contributed by atoms with Crippen LogP contribution in [-0.4, -0.2) is 43.9 Å². The molecule has 1 saturated heterocycles. The molecule has 0 saturated carbocycles. The molecule has 6 heteroatoms. The fourth-order valence-electron chi connectivity index (χ4n) is 2.75. The van der Waals surface area contributed by atoms with E-state index in [4.69, 9.17) is 13.9 Å². The Morgan fingerprint density at radius 3 is 3.00 bits per heavy atom. The summed E-state index contributed by atoms with van der Waals surface area (Å²) in [4.78, 5) is 18.5. The lowest BCUT2D eigenvalue weighted by Crippen LogP contribution is -2.48. The van der Waals surface area contributed by atoms with E-state index in [0.717, 1.165) is 6.54 Å². The number of carbonyl (C=O) groups excluding carboxylic acids is 1. The molecule has 6 nitrogen and oxygen atoms in total. The molecular weight excluding hydrogens is 284 g/mol. The third-order valence-corrected chi connectivity index (χ3v) is 3.99. The van der Waals surface area contributed by atoms with Gasteiger partial charge in [0.1, 0.15) is 5.52 Å². The van der Waals surface area contributed by atoms with Gasteiger partial charge in [-0.1, -0.05) is 19.9 Å². The zero-order chi connectivity index (χ0) is 15.7. The van der Waals surface area contributed by atoms with Crippen molar-refractivity contribution in [2.45, 2.75) is 19.9 Å². The molecule has 1 aromatic carbocycles. The molecule has 0 amide bonds. The molecule has 0 N–H and O–H groups in total. The van der Waals surface area contributed by atoms with Crippen molar-refractivity contribution in [3.8, 4) is 0 Å². The minimum absolute atomic E-state index is 0.211. The van der Waals surface area contributed by atoms with Crippen LogP contribution < -0.4 is 4.90 Å². The van der Waals surface area contributed by atoms with E-state index in [1.54, 1.807) is 12.1 Å². The molecule has 0 bridgehead atoms. The van der Waals surface area contributed by atoms with E-state index in [-0.39, 0.29) is 6.04 Å². The average molecular weight is 304 g/mol. The SMILES string of the molecule is COC(=O)c1cccc2oc(N3CCOCC3C(C)C)nc12. The molecule has 1 aromatic heterocycles. The first-order valence-electron chi connectivity index (χ1n) is 7.44. The fourth-order valence-corrected chi connectivity index (χ4v) is 2.75. The molecule has 118 valence electrons. The maximum Gasteiger partial charge on any atom is 0.340 e. The van der Waals surface area contributed by atoms with Crippen molar-refractivity contribution < 1.29 is 18.7 Å². The van der Waals surface area contributed by atoms with Crippen LogP contribution in [-0.2, 0) is 9.47 Å². The lowest BCUT2D eigenvalue weighted by Gasteiger charge is -2.36. The summed E-state index contributed by atoms with van der Waals surface area (Å²) in [5, 5.41) is 0. The molecule has 0 aliphatic carbocycles. The van der Waals surface area contributed by atoms with Crippen molar-refractivity contribution in [2.75, 3.05) is 31.8 Å². The molecule has 0 spiro atoms. The third-order valence-electron chi connectivity index (χ3n) is 3.99. The van der Waals surface area contributed by atoms with Gasteiger partial charge in [0.05, 0.1) is 31.9 Å². The maximum absolute atomic E-state index is 11.8. The van der Waals surface area contributed by atoms with E-state index in [1.807, 2.05) is 6.07 Å². The number of rotatable bonds is 3. The van der Waals surface area contributed by atoms with Crippen LogP contribution in [0.2, 0.25) is 0 Å². The van der Waals surface area contributed by atoms with Gasteiger partial charge in [0.2, 0.25) is 0 Å². The first-order valence-corrected chi connectivity index (χ1v) is 7.44. The maximum atomic E-state index is 11.8. The Morgan fingerprint density at radius 1 is 1.45 bits per heavy atom. The van der Waals surface area contributed by atoms with Crippen LogP contribution in [0.25, 0.3) is 11.1 Å². The predicted octanol–water partition coefficient (Wildman–Crippen LogP) is 2.48. The molecule has 1 fully saturated rings. The number of esters is 1. The molecule has 2 heterocycles. The highest BCUT2D eigenvalue weighted by Gasteiger charge is 2.30. The number of hydrogen-bond donors (Lipinski definition) is 0. The second-order valence-corrected chi connectivity index (χ2v) is 5.72. The van der Waals surface area contributed by atoms with Gasteiger partial charge in [-0.05, 0) is 18.1 Å². The van der Waals surface area contributed by atoms with Crippen molar-refractivity contribution in [1.29, 1.82) is 0 Å². The number of fused-ring (bicyclic) bond motifs is 1. The summed E-state index contributed by atoms with van der Waals surface area (Å²) in [6.07, 6.45) is 0. The van der Waals surface area contributed by atoms with Crippen molar-refractivity contribution in [3.63, 3.8) is 0 Å². The van der Waals surface area contributed by atoms with E-state index in [0.29, 0.717) is 41.8 Å². The van der Waals surface area contributed by atoms with E-state index in [1.165, 1.54) is 7.11 Å². The smallest absolute Gasteiger partial charge is 0.340 e. The number of morpholine rings is 1. The summed E-state index contributed by atoms with van der Waals surface area (Å²) in [7, 11) is 1.36. The van der Waals surface area contributed by atoms with Crippen LogP contribution in [0.5, 0.6) is 0 Å². The van der Waals surface area contributed by atoms with Crippen molar-refractivity contribution in [3.05, 3.63) is 23.8 Å². The summed E-state index contributed by atoms with van der Waals surface area (Å²) in [6.45, 7) is 6.32. The Labute approximate surface area is 129 Å². The summed E-state index contributed by atoms with van der Waals surface area (Å²) in [5.41, 5.74) is 1.55. The van der Waals surface area contributed by atoms with Gasteiger partial charge in [-0.2, -0.15) is 4.98 Å². The van der Waals surface area contributed by atoms with Crippen molar-refractivity contribution in [2.24, 2.45) is 5.92 Å². The molecule has 1 aliphatic rings. The Morgan fingerprint density at radius 2 is 2.27 bits per heavy atom. The van der Waals surface area contributed by atoms with E-state index >= 15 is 0 Å². The molecule has 1 atom stereocenters. The lowest BCUT2D eigenvalue weighted by molar-refractivity contribution is 0.0602. The lowest BCUT2D eigenvalue weighted by atomic mass is 10.0. The van der Waals surface area contributed by atoms with Gasteiger partial charge >= 0.3 is 5.97 Å². The Balaban J connectivity index is 2.02. The first kappa shape index (κ1) is 14.8. The topological polar surface area (TPSA) is 64.8 Å². The van der Waals surface area contributed by atoms with Crippen molar-refractivity contribution >= 4 is 23.1 Å². The molecule has 1 aliphatic heterocycles. The standard InChI is InChI=1S/C16H20N2O4/c1-10(2)12-9-21-8-7-18(12)16-17-14-11(15(19)20-3)5-4-6-13(14)22-16/h4-6,10,12H,7-9H2,1-3H3. The van der Waals surface area contributed by atoms with Gasteiger partial charge in [-0.25, -0.2) is 4.79 Å². The highest BCUT2D eigenvalue weighted by Crippen LogP contribution is 2.28. The van der Waals surface area contributed by atoms with Gasteiger partial charge in [0.15, 0.2) is 5.58 Å². The van der Waals surface area contributed by atoms with Crippen LogP contribution in [0.15, 0.2) is 22.6 Å². The first-order chi connectivity index (χ1) is 10.6. The number of benzene rings is 1. The van der Waals surface area contributed by atoms with Crippen molar-refractivity contribution in [1.82, 2.24) is 4.98 Å². The molecule has 1 unspecified atom stereocenters. The van der Waals surface area contributed by atoms with E-state index in [9.17, 15) is 4.79 Å². The molecule has 3 rings (SSSR count). The monoisotopic (exact) mass is 304 g/mol. The van der Waals surface area contributed by atoms with E-state index < -0.39 is 5.97 Å². The minimum Gasteiger partial charge on any atom is -0.465 e. The third kappa shape index (κ3) is 2.54. The van der Waals surface area contributed by atoms with Gasteiger partial charge in [0.25, 0.3) is 6.01 Å². The van der Waals surface area contributed by atoms with Crippen LogP contribution >= 0.6 is 0 Å². The molecule has 2 aromatic rings. The largest absolute Gasteiger partial charge is 0.465 e. The molecule has 0 radical (unpaired) electrons. The minimum atomic E-state index is -0.409. The van der Waals surface area contributed by atoms with Crippen LogP contribution in [0.3, 0.4) is 0 Å². The highest BCUT2D eigenvalue weighted by atomic mass is 16.5. The van der Waals surface area contributed by atoms with Crippen LogP contribution in [0, 0.1) is 5.92 Å². The predicted molar refractivity (Wildman–Crippen MR) is 82.1 cm³/mol. The normalized spacial score (nSPS) is 18.9. The number of nitrogens with zero attached hydrogens (tertiary/aromatic N) is 2. The number of methoxy groups -OCH3 is 1. The number of carbonyl (C=O) groups is 1. The highest BCUT2D eigenvalue weighted by molar-refractivity contribution is 6.01. The number of oxazole rings is 1. The zero-order valence-corrected chi connectivity index (χ0v) is 13.0. The number of ether oxygens (including phenoxy) is 2. The zero-order valence-electron chi connectivity index (χ0n) is 13.0. The van der Waals surface area contributed by atoms with Gasteiger partial charge < -0.3 is 18.8 Å². The summed E-state index contributed by atoms with van der Waals surface area (Å²) in [6, 6.07) is 6.02. The summed E-state index contributed by atoms with van der Waals surface area (Å²) < 4.78 is 16.2. The summed E-state index contributed by atoms with van der Waals surface area (Å²) in [5.74, 6) is 0.00299. The molecular formula is C16H20N2O4. The van der Waals surface area contributed by atoms with Crippen LogP contribution in [0.4, 0.5) is 6.01 Å². The average Bonchev–Trinajstić information content (AvgIpc) is 2.97. The summed E-state index contributed by atoms with van der Waals surface area (Å²) >= 11 is 0. The van der Waals surface area contributed by atoms with Crippen LogP contribution in [0.1, 0.15) is 24.2 Å². The van der Waals surface area contributed by atoms with Gasteiger partial charge in [0, 0.05) is 6.54 Å². The van der Waals surface area contributed by atoms with E-state index in [2.05, 4.69) is 23.7 Å². The Hall–Kier alpha value is -2.08. The second-order valence-electron chi connectivity index (χ2n) is 5.72. The molecule has 22 heavy (non-hydrogen) atoms. The van der Waals surface area contributed by atoms with Gasteiger partial charge in [-0.15, -0.1) is 0 Å². The number of anilines is 1. The van der Waals surface area contributed by atoms with Gasteiger partial charge in [-0.3, -0.25) is 0 Å². The Kier molecular flexibility index (Phi) is 4.02. The quantitative estimate of drug-likeness (QED) is 0.812. The fraction of sp³-hybridized carbons (Fsp3) is 0.500. The number of aromatic nitrogens is 1. The number of hydrogen-bond acceptors (Lipinski definition) is 6. The Bertz CT molecular complexity index is 680.